The summed E-state index contributed by atoms with van der Waals surface area (Å²) in [6.07, 6.45) is 0. The lowest BCUT2D eigenvalue weighted by Crippen LogP contribution is -2.25. The maximum Gasteiger partial charge on any atom is 0.237 e. The van der Waals surface area contributed by atoms with Crippen molar-refractivity contribution in [2.45, 2.75) is 5.41 Å². The summed E-state index contributed by atoms with van der Waals surface area (Å²) >= 11 is 0. The highest BCUT2D eigenvalue weighted by Gasteiger charge is 2.51. The zero-order valence-corrected chi connectivity index (χ0v) is 51.4. The van der Waals surface area contributed by atoms with Crippen LogP contribution in [0.1, 0.15) is 22.3 Å². The van der Waals surface area contributed by atoms with Crippen molar-refractivity contribution in [3.8, 4) is 78.9 Å². The minimum atomic E-state index is -0.532. The molecule has 0 atom stereocenters. The van der Waals surface area contributed by atoms with Crippen molar-refractivity contribution in [1.29, 1.82) is 0 Å². The predicted molar refractivity (Wildman–Crippen MR) is 392 cm³/mol. The highest BCUT2D eigenvalue weighted by Crippen LogP contribution is 2.63. The van der Waals surface area contributed by atoms with Crippen LogP contribution in [0.2, 0.25) is 0 Å². The number of para-hydroxylation sites is 6. The van der Waals surface area contributed by atoms with Gasteiger partial charge in [0.05, 0.1) is 55.2 Å². The Labute approximate surface area is 546 Å². The SMILES string of the molecule is c1ccc(-n2c3ccccc3c3cc(-c4ccc5c(c4)c4ccccc4n5-c4cc(-c5ccc6c(c5)C5(c7ccccc7-c7ccccc75)c5ccccc5-6)nc(-n5c6ccccc6c6cc(-c7ccc8c(c7)c7ccccc7n8-c7ccccc7)ccc65)n4)ccc32)cc1. The van der Waals surface area contributed by atoms with E-state index in [9.17, 15) is 0 Å². The smallest absolute Gasteiger partial charge is 0.237 e. The Bertz CT molecular complexity index is 6120. The Morgan fingerprint density at radius 3 is 0.979 bits per heavy atom. The topological polar surface area (TPSA) is 45.5 Å². The maximum atomic E-state index is 5.83. The average Bonchev–Trinajstić information content (AvgIpc) is 1.51. The summed E-state index contributed by atoms with van der Waals surface area (Å²) in [5, 5.41) is 9.45. The van der Waals surface area contributed by atoms with Crippen LogP contribution < -0.4 is 0 Å². The second kappa shape index (κ2) is 19.7. The van der Waals surface area contributed by atoms with E-state index < -0.39 is 5.41 Å². The maximum absolute atomic E-state index is 5.83. The lowest BCUT2D eigenvalue weighted by Gasteiger charge is -2.30. The van der Waals surface area contributed by atoms with Crippen LogP contribution in [-0.4, -0.2) is 28.2 Å². The lowest BCUT2D eigenvalue weighted by atomic mass is 9.70. The molecule has 440 valence electrons. The Morgan fingerprint density at radius 2 is 0.537 bits per heavy atom. The van der Waals surface area contributed by atoms with Crippen LogP contribution in [0, 0.1) is 0 Å². The van der Waals surface area contributed by atoms with Gasteiger partial charge < -0.3 is 9.13 Å². The standard InChI is InChI=1S/C89H54N6/c1-3-21-60(22-4-1)92-79-35-17-10-28-66(79)70-49-55(40-45-83(70)92)57-42-47-85-72(51-57)68-30-12-19-37-81(68)94(85)87-54-78(59-39-44-65-64-27-9-16-34-76(64)89(77(65)53-59)74-32-14-7-25-62(74)63-26-8-15-33-75(63)89)90-88(91-87)95-82-38-20-13-31-69(82)73-52-58(43-48-86(73)95)56-41-46-84-71(50-56)67-29-11-18-36-80(67)93(84)61-23-5-2-6-24-61/h1-54H. The molecular weight excluding hydrogens is 1150 g/mol. The molecule has 6 heteroatoms. The van der Waals surface area contributed by atoms with E-state index in [0.717, 1.165) is 94.3 Å². The molecular formula is C89H54N6. The molecule has 2 aliphatic carbocycles. The zero-order chi connectivity index (χ0) is 62.0. The molecule has 1 spiro atoms. The number of hydrogen-bond acceptors (Lipinski definition) is 2. The van der Waals surface area contributed by atoms with Gasteiger partial charge in [0.25, 0.3) is 0 Å². The number of aromatic nitrogens is 6. The molecule has 5 heterocycles. The zero-order valence-electron chi connectivity index (χ0n) is 51.4. The minimum absolute atomic E-state index is 0.532. The first-order valence-electron chi connectivity index (χ1n) is 32.7. The molecule has 19 aromatic rings. The largest absolute Gasteiger partial charge is 0.309 e. The molecule has 0 saturated heterocycles. The molecule has 0 radical (unpaired) electrons. The number of hydrogen-bond donors (Lipinski definition) is 0. The number of fused-ring (bicyclic) bond motifs is 22. The van der Waals surface area contributed by atoms with E-state index in [1.807, 2.05) is 0 Å². The lowest BCUT2D eigenvalue weighted by molar-refractivity contribution is 0.794. The van der Waals surface area contributed by atoms with Gasteiger partial charge in [0.15, 0.2) is 0 Å². The molecule has 2 aliphatic rings. The van der Waals surface area contributed by atoms with Crippen LogP contribution in [0.5, 0.6) is 0 Å². The van der Waals surface area contributed by atoms with Crippen LogP contribution in [-0.2, 0) is 5.41 Å². The Kier molecular flexibility index (Phi) is 10.8. The van der Waals surface area contributed by atoms with Crippen molar-refractivity contribution < 1.29 is 0 Å². The predicted octanol–water partition coefficient (Wildman–Crippen LogP) is 22.2. The van der Waals surface area contributed by atoms with Crippen molar-refractivity contribution in [1.82, 2.24) is 28.2 Å². The quantitative estimate of drug-likeness (QED) is 0.160. The third kappa shape index (κ3) is 7.28. The number of rotatable bonds is 7. The molecule has 14 aromatic carbocycles. The summed E-state index contributed by atoms with van der Waals surface area (Å²) in [7, 11) is 0. The summed E-state index contributed by atoms with van der Waals surface area (Å²) in [4.78, 5) is 11.7. The summed E-state index contributed by atoms with van der Waals surface area (Å²) in [5.41, 5.74) is 27.4. The van der Waals surface area contributed by atoms with Crippen molar-refractivity contribution in [3.63, 3.8) is 0 Å². The van der Waals surface area contributed by atoms with Crippen molar-refractivity contribution in [2.24, 2.45) is 0 Å². The molecule has 0 fully saturated rings. The molecule has 0 N–H and O–H groups in total. The normalized spacial score (nSPS) is 12.9. The van der Waals surface area contributed by atoms with E-state index in [1.165, 1.54) is 88.1 Å². The van der Waals surface area contributed by atoms with Gasteiger partial charge in [-0.1, -0.05) is 218 Å². The Morgan fingerprint density at radius 1 is 0.211 bits per heavy atom. The van der Waals surface area contributed by atoms with Gasteiger partial charge in [-0.05, 0) is 170 Å². The Balaban J connectivity index is 0.779. The van der Waals surface area contributed by atoms with Crippen LogP contribution in [0.25, 0.3) is 166 Å². The van der Waals surface area contributed by atoms with E-state index in [-0.39, 0.29) is 0 Å². The molecule has 5 aromatic heterocycles. The van der Waals surface area contributed by atoms with Crippen LogP contribution in [0.3, 0.4) is 0 Å². The summed E-state index contributed by atoms with van der Waals surface area (Å²) in [5.74, 6) is 1.37. The molecule has 95 heavy (non-hydrogen) atoms. The van der Waals surface area contributed by atoms with Crippen molar-refractivity contribution >= 4 is 87.2 Å². The monoisotopic (exact) mass is 1210 g/mol. The Hall–Kier alpha value is -12.6. The van der Waals surface area contributed by atoms with E-state index in [1.54, 1.807) is 0 Å². The van der Waals surface area contributed by atoms with Crippen molar-refractivity contribution in [3.05, 3.63) is 350 Å². The summed E-state index contributed by atoms with van der Waals surface area (Å²) in [6.45, 7) is 0. The second-order valence-electron chi connectivity index (χ2n) is 25.6. The van der Waals surface area contributed by atoms with Gasteiger partial charge in [0.2, 0.25) is 5.95 Å². The molecule has 0 aliphatic heterocycles. The van der Waals surface area contributed by atoms with Crippen molar-refractivity contribution in [2.75, 3.05) is 0 Å². The van der Waals surface area contributed by atoms with Crippen LogP contribution >= 0.6 is 0 Å². The highest BCUT2D eigenvalue weighted by atomic mass is 15.2. The molecule has 0 unspecified atom stereocenters. The summed E-state index contributed by atoms with van der Waals surface area (Å²) < 4.78 is 9.42. The van der Waals surface area contributed by atoms with Gasteiger partial charge in [-0.2, -0.15) is 4.98 Å². The van der Waals surface area contributed by atoms with Gasteiger partial charge in [-0.25, -0.2) is 4.98 Å². The molecule has 0 bridgehead atoms. The third-order valence-corrected chi connectivity index (χ3v) is 20.8. The van der Waals surface area contributed by atoms with Gasteiger partial charge >= 0.3 is 0 Å². The van der Waals surface area contributed by atoms with Crippen LogP contribution in [0.4, 0.5) is 0 Å². The third-order valence-electron chi connectivity index (χ3n) is 20.8. The molecule has 6 nitrogen and oxygen atoms in total. The first-order chi connectivity index (χ1) is 47.1. The number of benzene rings is 14. The van der Waals surface area contributed by atoms with Gasteiger partial charge in [-0.3, -0.25) is 9.13 Å². The first kappa shape index (κ1) is 52.0. The molecule has 0 amide bonds. The van der Waals surface area contributed by atoms with Gasteiger partial charge in [-0.15, -0.1) is 0 Å². The van der Waals surface area contributed by atoms with Gasteiger partial charge in [0, 0.05) is 66.1 Å². The average molecular weight is 1210 g/mol. The molecule has 0 saturated carbocycles. The first-order valence-corrected chi connectivity index (χ1v) is 32.7. The molecule has 21 rings (SSSR count). The summed E-state index contributed by atoms with van der Waals surface area (Å²) in [6, 6.07) is 121. The van der Waals surface area contributed by atoms with E-state index in [4.69, 9.17) is 9.97 Å². The fourth-order valence-corrected chi connectivity index (χ4v) is 16.8. The van der Waals surface area contributed by atoms with E-state index in [0.29, 0.717) is 5.95 Å². The van der Waals surface area contributed by atoms with Crippen LogP contribution in [0.15, 0.2) is 328 Å². The second-order valence-corrected chi connectivity index (χ2v) is 25.6. The minimum Gasteiger partial charge on any atom is -0.309 e. The fraction of sp³-hybridized carbons (Fsp3) is 0.0112. The van der Waals surface area contributed by atoms with Gasteiger partial charge in [0.1, 0.15) is 5.82 Å². The fourth-order valence-electron chi connectivity index (χ4n) is 16.8. The highest BCUT2D eigenvalue weighted by molar-refractivity contribution is 6.15. The van der Waals surface area contributed by atoms with E-state index >= 15 is 0 Å². The van der Waals surface area contributed by atoms with E-state index in [2.05, 4.69) is 346 Å². The number of nitrogens with zero attached hydrogens (tertiary/aromatic N) is 6.